The van der Waals surface area contributed by atoms with Crippen molar-refractivity contribution in [3.8, 4) is 5.75 Å². The molecule has 0 amide bonds. The molecule has 4 heterocycles. The fourth-order valence-corrected chi connectivity index (χ4v) is 4.80. The van der Waals surface area contributed by atoms with Gasteiger partial charge in [-0.1, -0.05) is 17.7 Å². The van der Waals surface area contributed by atoms with Crippen molar-refractivity contribution in [2.75, 3.05) is 0 Å². The van der Waals surface area contributed by atoms with Crippen LogP contribution in [0.3, 0.4) is 0 Å². The summed E-state index contributed by atoms with van der Waals surface area (Å²) >= 11 is 1.61. The number of ether oxygens (including phenoxy) is 1. The number of hydrogen-bond donors (Lipinski definition) is 0. The summed E-state index contributed by atoms with van der Waals surface area (Å²) in [5.41, 5.74) is 6.25. The Labute approximate surface area is 165 Å². The first-order chi connectivity index (χ1) is 13.5. The van der Waals surface area contributed by atoms with Crippen molar-refractivity contribution in [2.45, 2.75) is 34.3 Å². The van der Waals surface area contributed by atoms with Crippen LogP contribution in [0.2, 0.25) is 0 Å². The number of aryl methyl sites for hydroxylation is 4. The third-order valence-corrected chi connectivity index (χ3v) is 5.89. The molecule has 6 nitrogen and oxygen atoms in total. The van der Waals surface area contributed by atoms with Gasteiger partial charge in [0.2, 0.25) is 0 Å². The minimum Gasteiger partial charge on any atom is -0.485 e. The van der Waals surface area contributed by atoms with Crippen LogP contribution in [-0.4, -0.2) is 24.6 Å². The van der Waals surface area contributed by atoms with Crippen LogP contribution in [0.5, 0.6) is 5.75 Å². The monoisotopic (exact) mass is 389 g/mol. The number of nitrogens with zero attached hydrogens (tertiary/aromatic N) is 5. The van der Waals surface area contributed by atoms with E-state index in [1.54, 1.807) is 22.2 Å². The van der Waals surface area contributed by atoms with Gasteiger partial charge in [0.15, 0.2) is 11.5 Å². The second-order valence-corrected chi connectivity index (χ2v) is 8.14. The molecule has 0 fully saturated rings. The lowest BCUT2D eigenvalue weighted by Crippen LogP contribution is -1.99. The van der Waals surface area contributed by atoms with Crippen molar-refractivity contribution < 1.29 is 4.74 Å². The quantitative estimate of drug-likeness (QED) is 0.447. The second kappa shape index (κ2) is 6.24. The summed E-state index contributed by atoms with van der Waals surface area (Å²) in [6.07, 6.45) is 1.72. The van der Waals surface area contributed by atoms with E-state index in [9.17, 15) is 0 Å². The maximum absolute atomic E-state index is 5.95. The molecular formula is C21H19N5OS. The lowest BCUT2D eigenvalue weighted by Gasteiger charge is -2.07. The topological polar surface area (TPSA) is 65.2 Å². The normalized spacial score (nSPS) is 11.7. The first-order valence-corrected chi connectivity index (χ1v) is 9.92. The zero-order chi connectivity index (χ0) is 19.4. The number of aromatic nitrogens is 5. The highest BCUT2D eigenvalue weighted by atomic mass is 32.1. The van der Waals surface area contributed by atoms with Crippen molar-refractivity contribution in [1.82, 2.24) is 24.6 Å². The lowest BCUT2D eigenvalue weighted by atomic mass is 10.1. The van der Waals surface area contributed by atoms with Crippen LogP contribution in [0.4, 0.5) is 0 Å². The maximum atomic E-state index is 5.95. The van der Waals surface area contributed by atoms with Crippen molar-refractivity contribution in [3.63, 3.8) is 0 Å². The highest BCUT2D eigenvalue weighted by molar-refractivity contribution is 7.26. The van der Waals surface area contributed by atoms with Crippen LogP contribution in [0.15, 0.2) is 30.6 Å². The molecule has 4 aromatic heterocycles. The van der Waals surface area contributed by atoms with Gasteiger partial charge < -0.3 is 4.74 Å². The fraction of sp³-hybridized carbons (Fsp3) is 0.238. The predicted molar refractivity (Wildman–Crippen MR) is 111 cm³/mol. The van der Waals surface area contributed by atoms with E-state index in [1.807, 2.05) is 26.0 Å². The lowest BCUT2D eigenvalue weighted by molar-refractivity contribution is 0.294. The third kappa shape index (κ3) is 2.70. The summed E-state index contributed by atoms with van der Waals surface area (Å²) in [5.74, 6) is 1.48. The molecule has 0 saturated heterocycles. The number of rotatable bonds is 3. The molecule has 28 heavy (non-hydrogen) atoms. The van der Waals surface area contributed by atoms with Crippen LogP contribution in [0.1, 0.15) is 28.2 Å². The van der Waals surface area contributed by atoms with E-state index < -0.39 is 0 Å². The van der Waals surface area contributed by atoms with Gasteiger partial charge >= 0.3 is 0 Å². The molecule has 0 unspecified atom stereocenters. The maximum Gasteiger partial charge on any atom is 0.189 e. The third-order valence-electron chi connectivity index (χ3n) is 4.82. The van der Waals surface area contributed by atoms with Gasteiger partial charge in [-0.05, 0) is 51.0 Å². The number of hydrogen-bond acceptors (Lipinski definition) is 6. The minimum atomic E-state index is 0.314. The number of thiophene rings is 1. The van der Waals surface area contributed by atoms with Gasteiger partial charge in [0.05, 0.1) is 5.52 Å². The standard InChI is InChI=1S/C21H19N5OS/c1-11-5-6-15(12(2)7-11)27-9-16-24-20-19-18(22-10-26(20)25-16)17-13(3)8-14(4)23-21(17)28-19/h5-8,10H,9H2,1-4H3. The minimum absolute atomic E-state index is 0.314. The molecule has 0 aliphatic rings. The van der Waals surface area contributed by atoms with E-state index in [4.69, 9.17) is 9.72 Å². The van der Waals surface area contributed by atoms with Gasteiger partial charge in [0.1, 0.15) is 28.2 Å². The Morgan fingerprint density at radius 2 is 1.89 bits per heavy atom. The molecule has 5 aromatic rings. The molecule has 0 bridgehead atoms. The molecular weight excluding hydrogens is 370 g/mol. The van der Waals surface area contributed by atoms with Crippen LogP contribution in [-0.2, 0) is 6.61 Å². The highest BCUT2D eigenvalue weighted by Crippen LogP contribution is 2.35. The second-order valence-electron chi connectivity index (χ2n) is 7.14. The summed E-state index contributed by atoms with van der Waals surface area (Å²) < 4.78 is 8.67. The van der Waals surface area contributed by atoms with Crippen molar-refractivity contribution >= 4 is 37.4 Å². The molecule has 7 heteroatoms. The summed E-state index contributed by atoms with van der Waals surface area (Å²) in [4.78, 5) is 15.0. The smallest absolute Gasteiger partial charge is 0.189 e. The van der Waals surface area contributed by atoms with Gasteiger partial charge in [-0.3, -0.25) is 0 Å². The molecule has 5 rings (SSSR count). The zero-order valence-electron chi connectivity index (χ0n) is 16.1. The molecule has 0 saturated carbocycles. The van der Waals surface area contributed by atoms with E-state index in [2.05, 4.69) is 41.0 Å². The van der Waals surface area contributed by atoms with E-state index >= 15 is 0 Å². The highest BCUT2D eigenvalue weighted by Gasteiger charge is 2.16. The molecule has 0 aliphatic carbocycles. The Morgan fingerprint density at radius 1 is 1.04 bits per heavy atom. The first kappa shape index (κ1) is 17.1. The van der Waals surface area contributed by atoms with Crippen molar-refractivity contribution in [1.29, 1.82) is 0 Å². The van der Waals surface area contributed by atoms with E-state index in [-0.39, 0.29) is 0 Å². The Hall–Kier alpha value is -3.06. The molecule has 1 aromatic carbocycles. The SMILES string of the molecule is Cc1ccc(OCc2nc3c4sc5nc(C)cc(C)c5c4ncn3n2)c(C)c1. The summed E-state index contributed by atoms with van der Waals surface area (Å²) in [5, 5.41) is 5.64. The fourth-order valence-electron chi connectivity index (χ4n) is 3.58. The van der Waals surface area contributed by atoms with Gasteiger partial charge in [0.25, 0.3) is 0 Å². The van der Waals surface area contributed by atoms with E-state index in [1.165, 1.54) is 11.1 Å². The van der Waals surface area contributed by atoms with E-state index in [0.717, 1.165) is 43.1 Å². The molecule has 0 radical (unpaired) electrons. The number of benzene rings is 1. The Bertz CT molecular complexity index is 1370. The summed E-state index contributed by atoms with van der Waals surface area (Å²) in [6, 6.07) is 8.23. The molecule has 0 aliphatic heterocycles. The predicted octanol–water partition coefficient (Wildman–Crippen LogP) is 4.70. The average Bonchev–Trinajstić information content (AvgIpc) is 3.21. The Kier molecular flexibility index (Phi) is 3.80. The summed E-state index contributed by atoms with van der Waals surface area (Å²) in [6.45, 7) is 8.54. The molecule has 0 N–H and O–H groups in total. The van der Waals surface area contributed by atoms with E-state index in [0.29, 0.717) is 12.4 Å². The van der Waals surface area contributed by atoms with Crippen LogP contribution < -0.4 is 4.74 Å². The largest absolute Gasteiger partial charge is 0.485 e. The van der Waals surface area contributed by atoms with Crippen molar-refractivity contribution in [2.24, 2.45) is 0 Å². The van der Waals surface area contributed by atoms with Gasteiger partial charge in [-0.25, -0.2) is 19.5 Å². The molecule has 0 atom stereocenters. The van der Waals surface area contributed by atoms with Gasteiger partial charge in [-0.15, -0.1) is 16.4 Å². The molecule has 140 valence electrons. The molecule has 0 spiro atoms. The van der Waals surface area contributed by atoms with Crippen molar-refractivity contribution in [3.05, 3.63) is 58.8 Å². The van der Waals surface area contributed by atoms with Crippen LogP contribution in [0.25, 0.3) is 26.1 Å². The first-order valence-electron chi connectivity index (χ1n) is 9.10. The Balaban J connectivity index is 1.57. The van der Waals surface area contributed by atoms with Gasteiger partial charge in [-0.2, -0.15) is 0 Å². The van der Waals surface area contributed by atoms with Crippen LogP contribution in [0, 0.1) is 27.7 Å². The van der Waals surface area contributed by atoms with Crippen LogP contribution >= 0.6 is 11.3 Å². The summed E-state index contributed by atoms with van der Waals surface area (Å²) in [7, 11) is 0. The van der Waals surface area contributed by atoms with Gasteiger partial charge in [0, 0.05) is 11.1 Å². The number of pyridine rings is 1. The average molecular weight is 389 g/mol. The Morgan fingerprint density at radius 3 is 2.71 bits per heavy atom. The number of fused-ring (bicyclic) bond motifs is 5. The zero-order valence-corrected chi connectivity index (χ0v) is 17.0.